The zero-order chi connectivity index (χ0) is 13.9. The number of hydrogen-bond acceptors (Lipinski definition) is 5. The standard InChI is InChI=1S/C14H17N5O/c1-10-12(11(2)20-18-10)9-15-7-6-14-17-16-13-5-3-4-8-19(13)14/h3-5,8,15H,6-7,9H2,1-2H3. The maximum Gasteiger partial charge on any atom is 0.160 e. The first-order valence-electron chi connectivity index (χ1n) is 6.67. The SMILES string of the molecule is Cc1noc(C)c1CNCCc1nnc2ccccn12. The molecule has 0 aliphatic carbocycles. The average Bonchev–Trinajstić information content (AvgIpc) is 3.01. The van der Waals surface area contributed by atoms with Crippen LogP contribution in [0.15, 0.2) is 28.9 Å². The fourth-order valence-electron chi connectivity index (χ4n) is 2.23. The molecular weight excluding hydrogens is 254 g/mol. The summed E-state index contributed by atoms with van der Waals surface area (Å²) in [7, 11) is 0. The van der Waals surface area contributed by atoms with Crippen LogP contribution in [-0.4, -0.2) is 26.3 Å². The van der Waals surface area contributed by atoms with Gasteiger partial charge in [0, 0.05) is 31.3 Å². The molecule has 3 heterocycles. The molecule has 0 atom stereocenters. The summed E-state index contributed by atoms with van der Waals surface area (Å²) in [6, 6.07) is 5.90. The van der Waals surface area contributed by atoms with Crippen molar-refractivity contribution < 1.29 is 4.52 Å². The van der Waals surface area contributed by atoms with E-state index < -0.39 is 0 Å². The van der Waals surface area contributed by atoms with Crippen molar-refractivity contribution in [3.63, 3.8) is 0 Å². The Morgan fingerprint density at radius 1 is 1.25 bits per heavy atom. The normalized spacial score (nSPS) is 11.3. The first kappa shape index (κ1) is 12.8. The molecule has 0 fully saturated rings. The Kier molecular flexibility index (Phi) is 3.47. The van der Waals surface area contributed by atoms with Gasteiger partial charge in [-0.15, -0.1) is 10.2 Å². The van der Waals surface area contributed by atoms with Crippen LogP contribution in [0.1, 0.15) is 22.8 Å². The molecule has 0 aliphatic rings. The van der Waals surface area contributed by atoms with Crippen molar-refractivity contribution in [1.29, 1.82) is 0 Å². The lowest BCUT2D eigenvalue weighted by Crippen LogP contribution is -2.18. The van der Waals surface area contributed by atoms with Crippen molar-refractivity contribution in [1.82, 2.24) is 25.1 Å². The van der Waals surface area contributed by atoms with Gasteiger partial charge in [-0.3, -0.25) is 4.40 Å². The van der Waals surface area contributed by atoms with Crippen LogP contribution in [0.3, 0.4) is 0 Å². The number of aromatic nitrogens is 4. The van der Waals surface area contributed by atoms with Gasteiger partial charge in [-0.25, -0.2) is 0 Å². The van der Waals surface area contributed by atoms with Crippen molar-refractivity contribution in [3.8, 4) is 0 Å². The van der Waals surface area contributed by atoms with Gasteiger partial charge in [-0.1, -0.05) is 11.2 Å². The van der Waals surface area contributed by atoms with Crippen LogP contribution in [0.4, 0.5) is 0 Å². The molecule has 0 aliphatic heterocycles. The highest BCUT2D eigenvalue weighted by Crippen LogP contribution is 2.11. The molecule has 3 aromatic heterocycles. The molecule has 3 rings (SSSR count). The Bertz CT molecular complexity index is 696. The highest BCUT2D eigenvalue weighted by molar-refractivity contribution is 5.37. The number of rotatable bonds is 5. The lowest BCUT2D eigenvalue weighted by Gasteiger charge is -2.03. The average molecular weight is 271 g/mol. The Morgan fingerprint density at radius 2 is 2.15 bits per heavy atom. The molecule has 6 nitrogen and oxygen atoms in total. The number of aryl methyl sites for hydroxylation is 2. The van der Waals surface area contributed by atoms with E-state index in [2.05, 4.69) is 20.7 Å². The fraction of sp³-hybridized carbons (Fsp3) is 0.357. The first-order valence-corrected chi connectivity index (χ1v) is 6.67. The molecule has 0 amide bonds. The van der Waals surface area contributed by atoms with E-state index in [0.29, 0.717) is 0 Å². The summed E-state index contributed by atoms with van der Waals surface area (Å²) in [5, 5.41) is 15.7. The fourth-order valence-corrected chi connectivity index (χ4v) is 2.23. The molecule has 3 aromatic rings. The van der Waals surface area contributed by atoms with Crippen molar-refractivity contribution in [3.05, 3.63) is 47.2 Å². The quantitative estimate of drug-likeness (QED) is 0.715. The molecule has 0 saturated heterocycles. The van der Waals surface area contributed by atoms with E-state index in [0.717, 1.165) is 48.0 Å². The minimum atomic E-state index is 0.762. The van der Waals surface area contributed by atoms with Crippen LogP contribution in [0.25, 0.3) is 5.65 Å². The zero-order valence-electron chi connectivity index (χ0n) is 11.6. The van der Waals surface area contributed by atoms with E-state index in [-0.39, 0.29) is 0 Å². The van der Waals surface area contributed by atoms with Gasteiger partial charge in [0.05, 0.1) is 5.69 Å². The predicted octanol–water partition coefficient (Wildman–Crippen LogP) is 1.67. The third-order valence-electron chi connectivity index (χ3n) is 3.39. The summed E-state index contributed by atoms with van der Waals surface area (Å²) in [5.74, 6) is 1.84. The molecular formula is C14H17N5O. The third-order valence-corrected chi connectivity index (χ3v) is 3.39. The van der Waals surface area contributed by atoms with Crippen molar-refractivity contribution >= 4 is 5.65 Å². The largest absolute Gasteiger partial charge is 0.361 e. The summed E-state index contributed by atoms with van der Waals surface area (Å²) in [5.41, 5.74) is 2.97. The van der Waals surface area contributed by atoms with Crippen molar-refractivity contribution in [2.45, 2.75) is 26.8 Å². The molecule has 0 bridgehead atoms. The van der Waals surface area contributed by atoms with E-state index in [1.165, 1.54) is 0 Å². The topological polar surface area (TPSA) is 68.2 Å². The highest BCUT2D eigenvalue weighted by Gasteiger charge is 2.08. The van der Waals surface area contributed by atoms with Gasteiger partial charge in [-0.2, -0.15) is 0 Å². The molecule has 6 heteroatoms. The molecule has 104 valence electrons. The maximum atomic E-state index is 5.14. The van der Waals surface area contributed by atoms with Gasteiger partial charge in [-0.05, 0) is 26.0 Å². The second kappa shape index (κ2) is 5.42. The van der Waals surface area contributed by atoms with Gasteiger partial charge >= 0.3 is 0 Å². The third kappa shape index (κ3) is 2.42. The van der Waals surface area contributed by atoms with Crippen LogP contribution in [-0.2, 0) is 13.0 Å². The van der Waals surface area contributed by atoms with Crippen LogP contribution >= 0.6 is 0 Å². The zero-order valence-corrected chi connectivity index (χ0v) is 11.6. The monoisotopic (exact) mass is 271 g/mol. The summed E-state index contributed by atoms with van der Waals surface area (Å²) < 4.78 is 7.15. The molecule has 0 unspecified atom stereocenters. The van der Waals surface area contributed by atoms with Crippen LogP contribution in [0, 0.1) is 13.8 Å². The Balaban J connectivity index is 1.58. The number of nitrogens with zero attached hydrogens (tertiary/aromatic N) is 4. The number of fused-ring (bicyclic) bond motifs is 1. The maximum absolute atomic E-state index is 5.14. The lowest BCUT2D eigenvalue weighted by atomic mass is 10.2. The first-order chi connectivity index (χ1) is 9.75. The van der Waals surface area contributed by atoms with E-state index in [1.807, 2.05) is 42.6 Å². The molecule has 0 spiro atoms. The van der Waals surface area contributed by atoms with Gasteiger partial charge in [0.2, 0.25) is 0 Å². The Hall–Kier alpha value is -2.21. The summed E-state index contributed by atoms with van der Waals surface area (Å²) in [4.78, 5) is 0. The number of pyridine rings is 1. The van der Waals surface area contributed by atoms with Crippen molar-refractivity contribution in [2.75, 3.05) is 6.54 Å². The number of hydrogen-bond donors (Lipinski definition) is 1. The molecule has 0 aromatic carbocycles. The summed E-state index contributed by atoms with van der Waals surface area (Å²) in [6.07, 6.45) is 2.81. The van der Waals surface area contributed by atoms with Gasteiger partial charge in [0.15, 0.2) is 5.65 Å². The minimum Gasteiger partial charge on any atom is -0.361 e. The summed E-state index contributed by atoms with van der Waals surface area (Å²) >= 11 is 0. The second-order valence-electron chi connectivity index (χ2n) is 4.77. The van der Waals surface area contributed by atoms with E-state index in [1.54, 1.807) is 0 Å². The molecule has 0 saturated carbocycles. The highest BCUT2D eigenvalue weighted by atomic mass is 16.5. The van der Waals surface area contributed by atoms with Gasteiger partial charge < -0.3 is 9.84 Å². The molecule has 20 heavy (non-hydrogen) atoms. The predicted molar refractivity (Wildman–Crippen MR) is 74.4 cm³/mol. The van der Waals surface area contributed by atoms with E-state index >= 15 is 0 Å². The van der Waals surface area contributed by atoms with Gasteiger partial charge in [0.25, 0.3) is 0 Å². The van der Waals surface area contributed by atoms with Crippen molar-refractivity contribution in [2.24, 2.45) is 0 Å². The lowest BCUT2D eigenvalue weighted by molar-refractivity contribution is 0.392. The smallest absolute Gasteiger partial charge is 0.160 e. The van der Waals surface area contributed by atoms with Crippen LogP contribution in [0.5, 0.6) is 0 Å². The van der Waals surface area contributed by atoms with Crippen LogP contribution < -0.4 is 5.32 Å². The van der Waals surface area contributed by atoms with Gasteiger partial charge in [0.1, 0.15) is 11.6 Å². The van der Waals surface area contributed by atoms with E-state index in [9.17, 15) is 0 Å². The Labute approximate surface area is 116 Å². The number of nitrogens with one attached hydrogen (secondary N) is 1. The second-order valence-corrected chi connectivity index (χ2v) is 4.77. The minimum absolute atomic E-state index is 0.762. The molecule has 1 N–H and O–H groups in total. The summed E-state index contributed by atoms with van der Waals surface area (Å²) in [6.45, 7) is 5.49. The molecule has 0 radical (unpaired) electrons. The Morgan fingerprint density at radius 3 is 2.95 bits per heavy atom. The van der Waals surface area contributed by atoms with Crippen LogP contribution in [0.2, 0.25) is 0 Å². The van der Waals surface area contributed by atoms with E-state index in [4.69, 9.17) is 4.52 Å².